The summed E-state index contributed by atoms with van der Waals surface area (Å²) in [6, 6.07) is 32.4. The van der Waals surface area contributed by atoms with Crippen LogP contribution in [0.25, 0.3) is 11.1 Å². The van der Waals surface area contributed by atoms with Crippen molar-refractivity contribution in [1.82, 2.24) is 3.26 Å². The van der Waals surface area contributed by atoms with E-state index in [-0.39, 0.29) is 6.65 Å². The van der Waals surface area contributed by atoms with Crippen molar-refractivity contribution in [3.63, 3.8) is 0 Å². The van der Waals surface area contributed by atoms with Crippen LogP contribution in [0.3, 0.4) is 0 Å². The van der Waals surface area contributed by atoms with Gasteiger partial charge in [0.05, 0.1) is 0 Å². The molecule has 41 heavy (non-hydrogen) atoms. The summed E-state index contributed by atoms with van der Waals surface area (Å²) in [5.41, 5.74) is 7.98. The van der Waals surface area contributed by atoms with E-state index >= 15 is 0 Å². The molecular weight excluding hydrogens is 590 g/mol. The van der Waals surface area contributed by atoms with Gasteiger partial charge in [0, 0.05) is 0 Å². The number of nitrogens with one attached hydrogen (secondary N) is 1. The Morgan fingerprint density at radius 1 is 0.659 bits per heavy atom. The Morgan fingerprint density at radius 3 is 1.51 bits per heavy atom. The van der Waals surface area contributed by atoms with E-state index in [0.717, 1.165) is 17.8 Å². The Hall–Kier alpha value is -1.80. The Morgan fingerprint density at radius 2 is 1.10 bits per heavy atom. The molecule has 3 aromatic rings. The van der Waals surface area contributed by atoms with E-state index in [2.05, 4.69) is 111 Å². The van der Waals surface area contributed by atoms with Gasteiger partial charge < -0.3 is 0 Å². The van der Waals surface area contributed by atoms with Crippen molar-refractivity contribution in [3.05, 3.63) is 111 Å². The minimum atomic E-state index is -2.69. The summed E-state index contributed by atoms with van der Waals surface area (Å²) in [5, 5.41) is 1.69. The van der Waals surface area contributed by atoms with Gasteiger partial charge in [0.15, 0.2) is 0 Å². The second kappa shape index (κ2) is 12.1. The fraction of sp³-hybridized carbons (Fsp3) is 0.421. The summed E-state index contributed by atoms with van der Waals surface area (Å²) in [6.07, 6.45) is 9.09. The van der Waals surface area contributed by atoms with Gasteiger partial charge in [-0.2, -0.15) is 0 Å². The molecule has 3 heteroatoms. The first-order valence-corrected chi connectivity index (χ1v) is 27.6. The van der Waals surface area contributed by atoms with Crippen molar-refractivity contribution in [2.24, 2.45) is 23.7 Å². The van der Waals surface area contributed by atoms with Gasteiger partial charge in [-0.25, -0.2) is 0 Å². The van der Waals surface area contributed by atoms with E-state index in [1.807, 2.05) is 15.4 Å². The third-order valence-corrected chi connectivity index (χ3v) is 31.8. The Kier molecular flexibility index (Phi) is 8.61. The first-order chi connectivity index (χ1) is 19.8. The molecule has 2 unspecified atom stereocenters. The largest absolute Gasteiger partial charge is 0.0622 e. The zero-order valence-electron chi connectivity index (χ0n) is 25.9. The smallest absolute Gasteiger partial charge is 0.0184 e. The standard InChI is InChI=1S/C12H10.C10H16N.C9H13.C6H7Si.CH3.Zr/c1-3-7-11(8-4-1)12-9-5-2-6-10-12;11-10-4-7-1-8(5-10)3-9(2-7)6-10;1-6-5-7(2)9(4)8(6)3;7-6-4-2-1-3-5-6;;/h1-10H;7-9,11H,1-6H2;6H,1-4H3;1-5H,7H2;1H3;/q;-1;;;;+1. The first-order valence-electron chi connectivity index (χ1n) is 16.1. The van der Waals surface area contributed by atoms with Crippen LogP contribution in [0, 0.1) is 23.7 Å². The molecule has 4 bridgehead atoms. The maximum absolute atomic E-state index is 4.72. The molecule has 8 rings (SSSR count). The number of rotatable bonds is 6. The topological polar surface area (TPSA) is 12.0 Å². The van der Waals surface area contributed by atoms with E-state index in [1.54, 1.807) is 41.2 Å². The molecule has 5 aliphatic carbocycles. The molecule has 1 N–H and O–H groups in total. The molecule has 0 heterocycles. The Bertz CT molecular complexity index is 1340. The van der Waals surface area contributed by atoms with E-state index < -0.39 is 19.7 Å². The number of allylic oxidation sites excluding steroid dienone is 4. The van der Waals surface area contributed by atoms with Crippen molar-refractivity contribution in [2.45, 2.75) is 76.4 Å². The summed E-state index contributed by atoms with van der Waals surface area (Å²) < 4.78 is 9.45. The van der Waals surface area contributed by atoms with Crippen molar-refractivity contribution in [2.75, 3.05) is 0 Å². The van der Waals surface area contributed by atoms with Crippen molar-refractivity contribution in [3.8, 4) is 11.1 Å². The molecule has 4 saturated carbocycles. The van der Waals surface area contributed by atoms with Gasteiger partial charge in [0.25, 0.3) is 0 Å². The molecule has 0 aliphatic heterocycles. The van der Waals surface area contributed by atoms with Crippen LogP contribution in [0.1, 0.15) is 66.2 Å². The second-order valence-electron chi connectivity index (χ2n) is 14.1. The average Bonchev–Trinajstić information content (AvgIpc) is 3.16. The number of hydrogen-bond acceptors (Lipinski definition) is 1. The molecule has 0 aromatic heterocycles. The van der Waals surface area contributed by atoms with Gasteiger partial charge in [-0.3, -0.25) is 0 Å². The van der Waals surface area contributed by atoms with Crippen LogP contribution < -0.4 is 8.45 Å². The quantitative estimate of drug-likeness (QED) is 0.267. The van der Waals surface area contributed by atoms with E-state index in [1.165, 1.54) is 30.4 Å². The average molecular weight is 639 g/mol. The van der Waals surface area contributed by atoms with Crippen LogP contribution in [-0.2, 0) is 19.7 Å². The van der Waals surface area contributed by atoms with Gasteiger partial charge in [0.2, 0.25) is 0 Å². The maximum atomic E-state index is 4.72. The second-order valence-corrected chi connectivity index (χ2v) is 34.7. The summed E-state index contributed by atoms with van der Waals surface area (Å²) in [4.78, 5) is 0. The van der Waals surface area contributed by atoms with E-state index in [0.29, 0.717) is 11.5 Å². The van der Waals surface area contributed by atoms with Gasteiger partial charge in [-0.05, 0) is 11.1 Å². The summed E-state index contributed by atoms with van der Waals surface area (Å²) in [5.74, 6) is 3.76. The monoisotopic (exact) mass is 637 g/mol. The van der Waals surface area contributed by atoms with Crippen LogP contribution >= 0.6 is 0 Å². The third-order valence-electron chi connectivity index (χ3n) is 11.1. The zero-order chi connectivity index (χ0) is 28.6. The molecule has 0 saturated heterocycles. The van der Waals surface area contributed by atoms with Crippen LogP contribution in [0.5, 0.6) is 0 Å². The number of benzene rings is 3. The molecule has 1 nitrogen and oxygen atoms in total. The van der Waals surface area contributed by atoms with Gasteiger partial charge in [-0.1, -0.05) is 60.7 Å². The van der Waals surface area contributed by atoms with Gasteiger partial charge >= 0.3 is 185 Å². The minimum Gasteiger partial charge on any atom is -0.0622 e. The van der Waals surface area contributed by atoms with Gasteiger partial charge in [-0.15, -0.1) is 0 Å². The summed E-state index contributed by atoms with van der Waals surface area (Å²) in [7, 11) is 0. The molecular formula is C38H49NSiZr. The predicted molar refractivity (Wildman–Crippen MR) is 177 cm³/mol. The fourth-order valence-corrected chi connectivity index (χ4v) is 35.9. The first kappa shape index (κ1) is 29.3. The SMILES string of the molecule is CC1=C(C)C(C)[C]([Zr]([CH3])([NH]C23CC4CC(CC(C4)C2)C3)[SiH2]c2ccccc2)=C1C.c1ccc(-c2ccccc2)cc1. The maximum Gasteiger partial charge on any atom is -0.0184 e. The molecule has 2 atom stereocenters. The molecule has 0 amide bonds. The molecule has 214 valence electrons. The molecule has 5 aliphatic rings. The van der Waals surface area contributed by atoms with Crippen LogP contribution in [0.2, 0.25) is 4.63 Å². The summed E-state index contributed by atoms with van der Waals surface area (Å²) in [6.45, 7) is 9.45. The van der Waals surface area contributed by atoms with Crippen molar-refractivity contribution in [1.29, 1.82) is 0 Å². The molecule has 3 aromatic carbocycles. The van der Waals surface area contributed by atoms with Crippen molar-refractivity contribution >= 4 is 11.8 Å². The molecule has 4 fully saturated rings. The number of hydrogen-bond donors (Lipinski definition) is 1. The van der Waals surface area contributed by atoms with Crippen molar-refractivity contribution < 1.29 is 19.7 Å². The Labute approximate surface area is 255 Å². The predicted octanol–water partition coefficient (Wildman–Crippen LogP) is 8.68. The van der Waals surface area contributed by atoms with Crippen LogP contribution in [0.4, 0.5) is 0 Å². The van der Waals surface area contributed by atoms with E-state index in [9.17, 15) is 0 Å². The van der Waals surface area contributed by atoms with Crippen LogP contribution in [0.15, 0.2) is 111 Å². The third kappa shape index (κ3) is 6.15. The van der Waals surface area contributed by atoms with Gasteiger partial charge in [0.1, 0.15) is 0 Å². The fourth-order valence-electron chi connectivity index (χ4n) is 9.58. The normalized spacial score (nSPS) is 30.1. The molecule has 0 spiro atoms. The van der Waals surface area contributed by atoms with E-state index in [4.69, 9.17) is 3.26 Å². The Balaban J connectivity index is 0.000000210. The minimum absolute atomic E-state index is 0.304. The summed E-state index contributed by atoms with van der Waals surface area (Å²) >= 11 is -2.69. The molecule has 0 radical (unpaired) electrons. The van der Waals surface area contributed by atoms with Crippen LogP contribution in [-0.4, -0.2) is 12.2 Å². The zero-order valence-corrected chi connectivity index (χ0v) is 29.8.